The third-order valence-electron chi connectivity index (χ3n) is 5.15. The van der Waals surface area contributed by atoms with Gasteiger partial charge in [0, 0.05) is 43.4 Å². The van der Waals surface area contributed by atoms with Gasteiger partial charge in [-0.15, -0.1) is 0 Å². The second-order valence-corrected chi connectivity index (χ2v) is 8.20. The largest absolute Gasteiger partial charge is 0.349 e. The second kappa shape index (κ2) is 9.94. The lowest BCUT2D eigenvalue weighted by molar-refractivity contribution is -0.125. The minimum absolute atomic E-state index is 0.0388. The van der Waals surface area contributed by atoms with Gasteiger partial charge in [-0.3, -0.25) is 14.3 Å². The highest BCUT2D eigenvalue weighted by Crippen LogP contribution is 2.22. The van der Waals surface area contributed by atoms with E-state index in [0.29, 0.717) is 23.3 Å². The molecule has 1 aliphatic carbocycles. The van der Waals surface area contributed by atoms with Crippen LogP contribution in [-0.4, -0.2) is 39.6 Å². The van der Waals surface area contributed by atoms with Crippen LogP contribution in [0.5, 0.6) is 0 Å². The van der Waals surface area contributed by atoms with Crippen LogP contribution >= 0.6 is 11.6 Å². The van der Waals surface area contributed by atoms with Crippen molar-refractivity contribution in [3.8, 4) is 0 Å². The number of carbonyl (C=O) groups excluding carboxylic acids is 2. The summed E-state index contributed by atoms with van der Waals surface area (Å²) in [6.45, 7) is 5.24. The van der Waals surface area contributed by atoms with Crippen molar-refractivity contribution in [2.24, 2.45) is 0 Å². The maximum Gasteiger partial charge on any atom is 0.251 e. The minimum Gasteiger partial charge on any atom is -0.349 e. The van der Waals surface area contributed by atoms with E-state index in [9.17, 15) is 9.59 Å². The smallest absolute Gasteiger partial charge is 0.251 e. The van der Waals surface area contributed by atoms with Crippen molar-refractivity contribution < 1.29 is 9.59 Å². The molecule has 2 aromatic rings. The van der Waals surface area contributed by atoms with Crippen molar-refractivity contribution in [1.29, 1.82) is 0 Å². The number of amides is 2. The van der Waals surface area contributed by atoms with Crippen molar-refractivity contribution in [2.75, 3.05) is 7.05 Å². The summed E-state index contributed by atoms with van der Waals surface area (Å²) < 4.78 is 1.79. The molecule has 160 valence electrons. The zero-order valence-electron chi connectivity index (χ0n) is 17.8. The first-order valence-corrected chi connectivity index (χ1v) is 10.8. The number of likely N-dealkylation sites (N-methyl/N-ethyl adjacent to an activating group) is 1. The Hall–Kier alpha value is -2.60. The Balaban J connectivity index is 1.58. The van der Waals surface area contributed by atoms with Gasteiger partial charge in [-0.05, 0) is 50.0 Å². The van der Waals surface area contributed by atoms with E-state index in [2.05, 4.69) is 17.3 Å². The topological polar surface area (TPSA) is 67.2 Å². The van der Waals surface area contributed by atoms with E-state index in [1.165, 1.54) is 6.08 Å². The molecule has 1 aromatic heterocycles. The van der Waals surface area contributed by atoms with Crippen LogP contribution < -0.4 is 5.32 Å². The maximum absolute atomic E-state index is 12.5. The Morgan fingerprint density at radius 2 is 2.00 bits per heavy atom. The number of benzene rings is 1. The van der Waals surface area contributed by atoms with Gasteiger partial charge in [0.2, 0.25) is 5.91 Å². The normalized spacial score (nSPS) is 13.6. The summed E-state index contributed by atoms with van der Waals surface area (Å²) in [7, 11) is 1.75. The Bertz CT molecular complexity index is 929. The molecule has 0 unspecified atom stereocenters. The van der Waals surface area contributed by atoms with Crippen molar-refractivity contribution in [1.82, 2.24) is 20.0 Å². The molecular formula is C23H29ClN4O2. The highest BCUT2D eigenvalue weighted by atomic mass is 35.5. The zero-order valence-corrected chi connectivity index (χ0v) is 18.6. The fraction of sp³-hybridized carbons (Fsp3) is 0.435. The predicted molar refractivity (Wildman–Crippen MR) is 119 cm³/mol. The highest BCUT2D eigenvalue weighted by Gasteiger charge is 2.23. The molecule has 3 rings (SSSR count). The van der Waals surface area contributed by atoms with Gasteiger partial charge in [0.25, 0.3) is 5.91 Å². The number of carbonyl (C=O) groups is 2. The number of aryl methyl sites for hydroxylation is 2. The molecule has 0 atom stereocenters. The summed E-state index contributed by atoms with van der Waals surface area (Å²) in [6.07, 6.45) is 7.46. The molecule has 30 heavy (non-hydrogen) atoms. The average molecular weight is 429 g/mol. The lowest BCUT2D eigenvalue weighted by atomic mass is 10.1. The monoisotopic (exact) mass is 428 g/mol. The number of nitrogens with zero attached hydrogens (tertiary/aromatic N) is 3. The molecule has 0 aliphatic heterocycles. The summed E-state index contributed by atoms with van der Waals surface area (Å²) >= 11 is 6.43. The van der Waals surface area contributed by atoms with Gasteiger partial charge in [-0.1, -0.05) is 37.1 Å². The van der Waals surface area contributed by atoms with Crippen LogP contribution in [0.25, 0.3) is 6.08 Å². The quantitative estimate of drug-likeness (QED) is 0.608. The molecule has 1 fully saturated rings. The molecular weight excluding hydrogens is 400 g/mol. The number of nitrogens with one attached hydrogen (secondary N) is 1. The Morgan fingerprint density at radius 3 is 2.63 bits per heavy atom. The van der Waals surface area contributed by atoms with Gasteiger partial charge >= 0.3 is 0 Å². The molecule has 1 saturated carbocycles. The number of unbranched alkanes of at least 4 members (excludes halogenated alkanes) is 1. The minimum atomic E-state index is -0.123. The second-order valence-electron chi connectivity index (χ2n) is 7.84. The summed E-state index contributed by atoms with van der Waals surface area (Å²) in [5.74, 6) is -0.162. The van der Waals surface area contributed by atoms with E-state index in [1.807, 2.05) is 19.1 Å². The van der Waals surface area contributed by atoms with Crippen LogP contribution in [0.2, 0.25) is 5.15 Å². The third-order valence-corrected chi connectivity index (χ3v) is 5.55. The fourth-order valence-electron chi connectivity index (χ4n) is 3.10. The molecule has 1 N–H and O–H groups in total. The van der Waals surface area contributed by atoms with E-state index in [4.69, 9.17) is 11.6 Å². The van der Waals surface area contributed by atoms with Crippen LogP contribution in [0.3, 0.4) is 0 Å². The fourth-order valence-corrected chi connectivity index (χ4v) is 3.43. The molecule has 0 radical (unpaired) electrons. The average Bonchev–Trinajstić information content (AvgIpc) is 3.50. The SMILES string of the molecule is CCCCn1nc(C)c(/C=C/C(=O)N(C)Cc2ccc(C(=O)NC3CC3)cc2)c1Cl. The molecule has 1 heterocycles. The van der Waals surface area contributed by atoms with E-state index in [0.717, 1.165) is 49.0 Å². The highest BCUT2D eigenvalue weighted by molar-refractivity contribution is 6.31. The number of rotatable bonds is 9. The van der Waals surface area contributed by atoms with Crippen LogP contribution in [0.1, 0.15) is 59.8 Å². The van der Waals surface area contributed by atoms with Crippen molar-refractivity contribution >= 4 is 29.5 Å². The van der Waals surface area contributed by atoms with Crippen molar-refractivity contribution in [3.05, 3.63) is 57.9 Å². The molecule has 0 bridgehead atoms. The number of hydrogen-bond donors (Lipinski definition) is 1. The predicted octanol–water partition coefficient (Wildman–Crippen LogP) is 4.21. The zero-order chi connectivity index (χ0) is 21.7. The van der Waals surface area contributed by atoms with E-state index >= 15 is 0 Å². The van der Waals surface area contributed by atoms with Gasteiger partial charge in [0.1, 0.15) is 5.15 Å². The van der Waals surface area contributed by atoms with Gasteiger partial charge in [-0.2, -0.15) is 5.10 Å². The molecule has 1 aliphatic rings. The van der Waals surface area contributed by atoms with Crippen molar-refractivity contribution in [2.45, 2.75) is 58.7 Å². The summed E-state index contributed by atoms with van der Waals surface area (Å²) in [4.78, 5) is 26.2. The van der Waals surface area contributed by atoms with Gasteiger partial charge in [-0.25, -0.2) is 0 Å². The summed E-state index contributed by atoms with van der Waals surface area (Å²) in [5.41, 5.74) is 3.19. The Kier molecular flexibility index (Phi) is 7.32. The van der Waals surface area contributed by atoms with E-state index in [1.54, 1.807) is 34.8 Å². The van der Waals surface area contributed by atoms with Gasteiger partial charge in [0.05, 0.1) is 5.69 Å². The Labute approximate surface area is 182 Å². The molecule has 7 heteroatoms. The molecule has 0 spiro atoms. The first-order valence-electron chi connectivity index (χ1n) is 10.4. The first kappa shape index (κ1) is 22.1. The van der Waals surface area contributed by atoms with Gasteiger partial charge in [0.15, 0.2) is 0 Å². The van der Waals surface area contributed by atoms with Crippen LogP contribution in [0, 0.1) is 6.92 Å². The molecule has 6 nitrogen and oxygen atoms in total. The summed E-state index contributed by atoms with van der Waals surface area (Å²) in [5, 5.41) is 7.99. The molecule has 0 saturated heterocycles. The van der Waals surface area contributed by atoms with Crippen LogP contribution in [0.15, 0.2) is 30.3 Å². The number of halogens is 1. The molecule has 1 aromatic carbocycles. The van der Waals surface area contributed by atoms with Crippen LogP contribution in [0.4, 0.5) is 0 Å². The van der Waals surface area contributed by atoms with E-state index in [-0.39, 0.29) is 11.8 Å². The number of hydrogen-bond acceptors (Lipinski definition) is 3. The lowest BCUT2D eigenvalue weighted by Gasteiger charge is -2.15. The van der Waals surface area contributed by atoms with Gasteiger partial charge < -0.3 is 10.2 Å². The van der Waals surface area contributed by atoms with Crippen LogP contribution in [-0.2, 0) is 17.9 Å². The van der Waals surface area contributed by atoms with E-state index < -0.39 is 0 Å². The number of aromatic nitrogens is 2. The first-order chi connectivity index (χ1) is 14.4. The standard InChI is InChI=1S/C23H29ClN4O2/c1-4-5-14-28-22(24)20(16(2)26-28)12-13-21(29)27(3)15-17-6-8-18(9-7-17)23(30)25-19-10-11-19/h6-9,12-13,19H,4-5,10-11,14-15H2,1-3H3,(H,25,30)/b13-12+. The maximum atomic E-state index is 12.5. The third kappa shape index (κ3) is 5.72. The molecule has 2 amide bonds. The lowest BCUT2D eigenvalue weighted by Crippen LogP contribution is -2.26. The Morgan fingerprint density at radius 1 is 1.30 bits per heavy atom. The van der Waals surface area contributed by atoms with Crippen molar-refractivity contribution in [3.63, 3.8) is 0 Å². The summed E-state index contributed by atoms with van der Waals surface area (Å²) in [6, 6.07) is 7.70.